The molecule has 1 heterocycles. The number of aromatic amines is 1. The standard InChI is InChI=1S/C9H5Cl2NOS/c10-5-1-2-7-6(3-5)9(13)8(14-11)4-12-7/h1-4H,(H,12,13). The van der Waals surface area contributed by atoms with Gasteiger partial charge >= 0.3 is 0 Å². The van der Waals surface area contributed by atoms with Gasteiger partial charge < -0.3 is 4.98 Å². The zero-order valence-electron chi connectivity index (χ0n) is 6.88. The van der Waals surface area contributed by atoms with Crippen molar-refractivity contribution in [2.24, 2.45) is 0 Å². The maximum Gasteiger partial charge on any atom is 0.204 e. The molecule has 1 aromatic carbocycles. The van der Waals surface area contributed by atoms with Crippen LogP contribution in [0.15, 0.2) is 34.1 Å². The van der Waals surface area contributed by atoms with Crippen LogP contribution in [0.2, 0.25) is 5.02 Å². The van der Waals surface area contributed by atoms with Gasteiger partial charge in [-0.2, -0.15) is 0 Å². The van der Waals surface area contributed by atoms with Crippen molar-refractivity contribution in [1.82, 2.24) is 4.98 Å². The van der Waals surface area contributed by atoms with Crippen LogP contribution in [0.5, 0.6) is 0 Å². The normalized spacial score (nSPS) is 10.7. The lowest BCUT2D eigenvalue weighted by Gasteiger charge is -1.99. The van der Waals surface area contributed by atoms with E-state index in [1.165, 1.54) is 0 Å². The molecule has 1 aromatic heterocycles. The Bertz CT molecular complexity index is 538. The van der Waals surface area contributed by atoms with E-state index in [0.29, 0.717) is 15.3 Å². The highest BCUT2D eigenvalue weighted by Gasteiger charge is 2.04. The van der Waals surface area contributed by atoms with Crippen molar-refractivity contribution >= 4 is 44.2 Å². The van der Waals surface area contributed by atoms with Crippen molar-refractivity contribution in [3.63, 3.8) is 0 Å². The van der Waals surface area contributed by atoms with E-state index in [1.807, 2.05) is 0 Å². The number of halogens is 2. The Balaban J connectivity index is 2.87. The molecule has 14 heavy (non-hydrogen) atoms. The first-order valence-corrected chi connectivity index (χ1v) is 5.84. The minimum atomic E-state index is -0.0961. The molecule has 0 amide bonds. The largest absolute Gasteiger partial charge is 0.360 e. The molecule has 0 aliphatic carbocycles. The molecule has 0 spiro atoms. The first-order valence-electron chi connectivity index (χ1n) is 3.82. The van der Waals surface area contributed by atoms with Crippen LogP contribution >= 0.6 is 33.3 Å². The van der Waals surface area contributed by atoms with E-state index < -0.39 is 0 Å². The predicted molar refractivity (Wildman–Crippen MR) is 61.3 cm³/mol. The van der Waals surface area contributed by atoms with E-state index in [2.05, 4.69) is 4.98 Å². The number of H-pyrrole nitrogens is 1. The second kappa shape index (κ2) is 3.85. The summed E-state index contributed by atoms with van der Waals surface area (Å²) < 4.78 is 0. The lowest BCUT2D eigenvalue weighted by atomic mass is 10.2. The second-order valence-corrected chi connectivity index (χ2v) is 4.24. The SMILES string of the molecule is O=c1c(SCl)c[nH]c2ccc(Cl)cc12. The fourth-order valence-corrected chi connectivity index (χ4v) is 2.03. The fraction of sp³-hybridized carbons (Fsp3) is 0. The van der Waals surface area contributed by atoms with Gasteiger partial charge in [0.2, 0.25) is 5.43 Å². The molecular weight excluding hydrogens is 241 g/mol. The number of hydrogen-bond acceptors (Lipinski definition) is 2. The maximum atomic E-state index is 11.7. The Labute approximate surface area is 93.7 Å². The van der Waals surface area contributed by atoms with Crippen LogP contribution in [0.3, 0.4) is 0 Å². The summed E-state index contributed by atoms with van der Waals surface area (Å²) in [6.07, 6.45) is 1.59. The van der Waals surface area contributed by atoms with E-state index in [1.54, 1.807) is 24.4 Å². The number of benzene rings is 1. The molecule has 72 valence electrons. The molecule has 0 bridgehead atoms. The average molecular weight is 246 g/mol. The summed E-state index contributed by atoms with van der Waals surface area (Å²) in [4.78, 5) is 15.2. The van der Waals surface area contributed by atoms with E-state index in [4.69, 9.17) is 22.3 Å². The molecule has 5 heteroatoms. The monoisotopic (exact) mass is 245 g/mol. The predicted octanol–water partition coefficient (Wildman–Crippen LogP) is 3.43. The molecule has 2 rings (SSSR count). The van der Waals surface area contributed by atoms with Gasteiger partial charge in [-0.3, -0.25) is 4.79 Å². The third-order valence-corrected chi connectivity index (χ3v) is 3.10. The summed E-state index contributed by atoms with van der Waals surface area (Å²) in [5.41, 5.74) is 0.662. The highest BCUT2D eigenvalue weighted by Crippen LogP contribution is 2.21. The first kappa shape index (κ1) is 9.90. The van der Waals surface area contributed by atoms with Crippen LogP contribution in [-0.2, 0) is 0 Å². The van der Waals surface area contributed by atoms with Crippen LogP contribution in [0, 0.1) is 0 Å². The highest BCUT2D eigenvalue weighted by molar-refractivity contribution is 8.21. The Kier molecular flexibility index (Phi) is 2.72. The topological polar surface area (TPSA) is 32.9 Å². The van der Waals surface area contributed by atoms with E-state index >= 15 is 0 Å². The molecule has 2 nitrogen and oxygen atoms in total. The van der Waals surface area contributed by atoms with Crippen molar-refractivity contribution < 1.29 is 0 Å². The zero-order chi connectivity index (χ0) is 10.1. The van der Waals surface area contributed by atoms with Gasteiger partial charge in [0.1, 0.15) is 0 Å². The minimum absolute atomic E-state index is 0.0961. The summed E-state index contributed by atoms with van der Waals surface area (Å²) in [5, 5.41) is 1.10. The van der Waals surface area contributed by atoms with Gasteiger partial charge in [0.25, 0.3) is 0 Å². The average Bonchev–Trinajstić information content (AvgIpc) is 2.20. The molecule has 0 unspecified atom stereocenters. The van der Waals surface area contributed by atoms with Crippen molar-refractivity contribution in [1.29, 1.82) is 0 Å². The van der Waals surface area contributed by atoms with E-state index in [0.717, 1.165) is 16.5 Å². The number of pyridine rings is 1. The quantitative estimate of drug-likeness (QED) is 0.836. The minimum Gasteiger partial charge on any atom is -0.360 e. The van der Waals surface area contributed by atoms with E-state index in [-0.39, 0.29) is 5.43 Å². The molecule has 0 aliphatic heterocycles. The second-order valence-electron chi connectivity index (χ2n) is 2.75. The van der Waals surface area contributed by atoms with Gasteiger partial charge in [-0.25, -0.2) is 0 Å². The van der Waals surface area contributed by atoms with Crippen LogP contribution < -0.4 is 5.43 Å². The van der Waals surface area contributed by atoms with Crippen molar-refractivity contribution in [2.45, 2.75) is 4.90 Å². The molecule has 2 aromatic rings. The summed E-state index contributed by atoms with van der Waals surface area (Å²) >= 11 is 5.79. The number of nitrogens with one attached hydrogen (secondary N) is 1. The summed E-state index contributed by atoms with van der Waals surface area (Å²) in [7, 11) is 6.44. The van der Waals surface area contributed by atoms with Gasteiger partial charge in [0.15, 0.2) is 0 Å². The Morgan fingerprint density at radius 3 is 2.86 bits per heavy atom. The highest BCUT2D eigenvalue weighted by atomic mass is 35.7. The summed E-state index contributed by atoms with van der Waals surface area (Å²) in [5.74, 6) is 0. The maximum absolute atomic E-state index is 11.7. The molecule has 0 saturated carbocycles. The molecule has 0 aliphatic rings. The molecular formula is C9H5Cl2NOS. The van der Waals surface area contributed by atoms with Crippen molar-refractivity contribution in [3.05, 3.63) is 39.6 Å². The van der Waals surface area contributed by atoms with Gasteiger partial charge in [-0.05, 0) is 39.9 Å². The van der Waals surface area contributed by atoms with Crippen molar-refractivity contribution in [3.8, 4) is 0 Å². The third-order valence-electron chi connectivity index (χ3n) is 1.89. The molecule has 0 atom stereocenters. The lowest BCUT2D eigenvalue weighted by Crippen LogP contribution is -2.04. The van der Waals surface area contributed by atoms with Crippen molar-refractivity contribution in [2.75, 3.05) is 0 Å². The lowest BCUT2D eigenvalue weighted by molar-refractivity contribution is 1.27. The van der Waals surface area contributed by atoms with Gasteiger partial charge in [-0.15, -0.1) is 0 Å². The smallest absolute Gasteiger partial charge is 0.204 e. The molecule has 0 radical (unpaired) electrons. The first-order chi connectivity index (χ1) is 6.72. The third kappa shape index (κ3) is 1.63. The number of hydrogen-bond donors (Lipinski definition) is 1. The number of rotatable bonds is 1. The van der Waals surface area contributed by atoms with Gasteiger partial charge in [0.05, 0.1) is 4.90 Å². The van der Waals surface area contributed by atoms with Gasteiger partial charge in [-0.1, -0.05) is 11.6 Å². The van der Waals surface area contributed by atoms with Crippen LogP contribution in [-0.4, -0.2) is 4.98 Å². The number of fused-ring (bicyclic) bond motifs is 1. The van der Waals surface area contributed by atoms with Crippen LogP contribution in [0.1, 0.15) is 0 Å². The van der Waals surface area contributed by atoms with Crippen LogP contribution in [0.4, 0.5) is 0 Å². The summed E-state index contributed by atoms with van der Waals surface area (Å²) in [6, 6.07) is 5.13. The van der Waals surface area contributed by atoms with Gasteiger partial charge in [0, 0.05) is 22.1 Å². The molecule has 1 N–H and O–H groups in total. The Morgan fingerprint density at radius 1 is 1.36 bits per heavy atom. The zero-order valence-corrected chi connectivity index (χ0v) is 9.21. The molecule has 0 saturated heterocycles. The summed E-state index contributed by atoms with van der Waals surface area (Å²) in [6.45, 7) is 0. The number of aromatic nitrogens is 1. The Morgan fingerprint density at radius 2 is 2.14 bits per heavy atom. The van der Waals surface area contributed by atoms with Crippen LogP contribution in [0.25, 0.3) is 10.9 Å². The molecule has 0 fully saturated rings. The fourth-order valence-electron chi connectivity index (χ4n) is 1.23. The van der Waals surface area contributed by atoms with E-state index in [9.17, 15) is 4.79 Å². The Hall–Kier alpha value is -0.640.